The summed E-state index contributed by atoms with van der Waals surface area (Å²) in [5, 5.41) is 21.2. The van der Waals surface area contributed by atoms with Crippen molar-refractivity contribution in [1.82, 2.24) is 24.1 Å². The van der Waals surface area contributed by atoms with E-state index < -0.39 is 5.91 Å². The van der Waals surface area contributed by atoms with Crippen LogP contribution in [0, 0.1) is 5.41 Å². The first kappa shape index (κ1) is 27.0. The fourth-order valence-electron chi connectivity index (χ4n) is 4.21. The number of hydrogen-bond donors (Lipinski definition) is 2. The summed E-state index contributed by atoms with van der Waals surface area (Å²) in [4.78, 5) is 31.4. The van der Waals surface area contributed by atoms with E-state index in [9.17, 15) is 9.59 Å². The number of unbranched alkanes of at least 4 members (excludes halogenated alkanes) is 3. The molecule has 0 radical (unpaired) electrons. The van der Waals surface area contributed by atoms with Crippen molar-refractivity contribution in [2.45, 2.75) is 49.2 Å². The molecular formula is C27H26ClN7O2S2. The molecule has 0 saturated heterocycles. The molecule has 1 aromatic carbocycles. The lowest BCUT2D eigenvalue weighted by molar-refractivity contribution is 0.102. The maximum absolute atomic E-state index is 13.4. The lowest BCUT2D eigenvalue weighted by atomic mass is 10.1. The molecule has 4 aromatic heterocycles. The van der Waals surface area contributed by atoms with Gasteiger partial charge in [0.25, 0.3) is 11.5 Å². The Morgan fingerprint density at radius 2 is 1.95 bits per heavy atom. The SMILES string of the molecule is CCCCCCn1c(=N)c(C(=O)Nc2nnc(SCc3ccccc3Cl)s2)cc2c(=O)n3ccccc3nc21. The maximum Gasteiger partial charge on any atom is 0.267 e. The molecule has 0 atom stereocenters. The van der Waals surface area contributed by atoms with Crippen LogP contribution in [0.2, 0.25) is 5.02 Å². The van der Waals surface area contributed by atoms with Crippen LogP contribution in [0.25, 0.3) is 16.7 Å². The van der Waals surface area contributed by atoms with Crippen LogP contribution in [-0.4, -0.2) is 30.1 Å². The number of anilines is 1. The molecule has 0 aliphatic heterocycles. The lowest BCUT2D eigenvalue weighted by Gasteiger charge is -2.14. The van der Waals surface area contributed by atoms with E-state index in [1.165, 1.54) is 33.6 Å². The Balaban J connectivity index is 1.45. The third kappa shape index (κ3) is 5.90. The molecule has 0 aliphatic carbocycles. The van der Waals surface area contributed by atoms with Gasteiger partial charge in [0.2, 0.25) is 5.13 Å². The first-order valence-electron chi connectivity index (χ1n) is 12.6. The van der Waals surface area contributed by atoms with E-state index in [0.717, 1.165) is 31.2 Å². The molecule has 4 heterocycles. The second kappa shape index (κ2) is 12.1. The highest BCUT2D eigenvalue weighted by atomic mass is 35.5. The zero-order valence-electron chi connectivity index (χ0n) is 21.2. The number of halogens is 1. The number of nitrogens with one attached hydrogen (secondary N) is 2. The van der Waals surface area contributed by atoms with E-state index in [0.29, 0.717) is 38.1 Å². The van der Waals surface area contributed by atoms with Crippen LogP contribution in [-0.2, 0) is 12.3 Å². The minimum absolute atomic E-state index is 0.00140. The van der Waals surface area contributed by atoms with Crippen molar-refractivity contribution in [3.63, 3.8) is 0 Å². The summed E-state index contributed by atoms with van der Waals surface area (Å²) >= 11 is 8.95. The van der Waals surface area contributed by atoms with Gasteiger partial charge in [-0.3, -0.25) is 24.7 Å². The van der Waals surface area contributed by atoms with Gasteiger partial charge in [-0.15, -0.1) is 10.2 Å². The van der Waals surface area contributed by atoms with Gasteiger partial charge in [-0.2, -0.15) is 0 Å². The summed E-state index contributed by atoms with van der Waals surface area (Å²) in [6.07, 6.45) is 5.58. The van der Waals surface area contributed by atoms with Crippen molar-refractivity contribution < 1.29 is 4.79 Å². The fourth-order valence-corrected chi connectivity index (χ4v) is 6.25. The highest BCUT2D eigenvalue weighted by Gasteiger charge is 2.19. The second-order valence-corrected chi connectivity index (χ2v) is 11.5. The van der Waals surface area contributed by atoms with Gasteiger partial charge < -0.3 is 4.57 Å². The van der Waals surface area contributed by atoms with Crippen molar-refractivity contribution in [1.29, 1.82) is 5.41 Å². The van der Waals surface area contributed by atoms with E-state index in [1.54, 1.807) is 22.9 Å². The molecule has 1 amide bonds. The number of carbonyl (C=O) groups excluding carboxylic acids is 1. The van der Waals surface area contributed by atoms with Gasteiger partial charge in [0.1, 0.15) is 16.8 Å². The number of aromatic nitrogens is 5. The zero-order chi connectivity index (χ0) is 27.4. The van der Waals surface area contributed by atoms with Crippen molar-refractivity contribution in [3.05, 3.63) is 86.7 Å². The summed E-state index contributed by atoms with van der Waals surface area (Å²) in [6, 6.07) is 14.4. The highest BCUT2D eigenvalue weighted by Crippen LogP contribution is 2.30. The molecule has 200 valence electrons. The molecule has 0 bridgehead atoms. The first-order chi connectivity index (χ1) is 19.0. The molecule has 5 aromatic rings. The van der Waals surface area contributed by atoms with Crippen LogP contribution >= 0.6 is 34.7 Å². The van der Waals surface area contributed by atoms with Crippen LogP contribution in [0.4, 0.5) is 5.13 Å². The van der Waals surface area contributed by atoms with Gasteiger partial charge in [-0.05, 0) is 36.2 Å². The Morgan fingerprint density at radius 3 is 2.77 bits per heavy atom. The largest absolute Gasteiger partial charge is 0.310 e. The smallest absolute Gasteiger partial charge is 0.267 e. The topological polar surface area (TPSA) is 118 Å². The number of fused-ring (bicyclic) bond motifs is 2. The predicted octanol–water partition coefficient (Wildman–Crippen LogP) is 5.76. The summed E-state index contributed by atoms with van der Waals surface area (Å²) in [6.45, 7) is 2.61. The van der Waals surface area contributed by atoms with Crippen molar-refractivity contribution in [3.8, 4) is 0 Å². The van der Waals surface area contributed by atoms with E-state index in [-0.39, 0.29) is 22.0 Å². The number of pyridine rings is 2. The average Bonchev–Trinajstić information content (AvgIpc) is 3.38. The molecular weight excluding hydrogens is 554 g/mol. The highest BCUT2D eigenvalue weighted by molar-refractivity contribution is 8.00. The second-order valence-electron chi connectivity index (χ2n) is 8.91. The van der Waals surface area contributed by atoms with Gasteiger partial charge in [-0.25, -0.2) is 4.98 Å². The van der Waals surface area contributed by atoms with E-state index in [2.05, 4.69) is 27.4 Å². The van der Waals surface area contributed by atoms with E-state index in [1.807, 2.05) is 30.3 Å². The first-order valence-corrected chi connectivity index (χ1v) is 14.7. The molecule has 9 nitrogen and oxygen atoms in total. The van der Waals surface area contributed by atoms with Crippen LogP contribution in [0.15, 0.2) is 63.9 Å². The maximum atomic E-state index is 13.4. The number of hydrogen-bond acceptors (Lipinski definition) is 8. The molecule has 0 saturated carbocycles. The third-order valence-corrected chi connectivity index (χ3v) is 8.62. The van der Waals surface area contributed by atoms with Crippen LogP contribution in [0.5, 0.6) is 0 Å². The van der Waals surface area contributed by atoms with Crippen LogP contribution in [0.1, 0.15) is 48.5 Å². The minimum Gasteiger partial charge on any atom is -0.310 e. The Kier molecular flexibility index (Phi) is 8.39. The molecule has 0 aliphatic rings. The Morgan fingerprint density at radius 1 is 1.13 bits per heavy atom. The summed E-state index contributed by atoms with van der Waals surface area (Å²) in [5.41, 5.74) is 1.66. The van der Waals surface area contributed by atoms with Crippen molar-refractivity contribution in [2.75, 3.05) is 5.32 Å². The molecule has 0 fully saturated rings. The quantitative estimate of drug-likeness (QED) is 0.0940. The molecule has 0 unspecified atom stereocenters. The predicted molar refractivity (Wildman–Crippen MR) is 156 cm³/mol. The Bertz CT molecular complexity index is 1780. The fraction of sp³-hybridized carbons (Fsp3) is 0.259. The Hall–Kier alpha value is -3.54. The van der Waals surface area contributed by atoms with Gasteiger partial charge in [0, 0.05) is 23.5 Å². The number of nitrogens with zero attached hydrogens (tertiary/aromatic N) is 5. The van der Waals surface area contributed by atoms with Gasteiger partial charge in [0.05, 0.1) is 10.9 Å². The monoisotopic (exact) mass is 579 g/mol. The molecule has 39 heavy (non-hydrogen) atoms. The number of rotatable bonds is 10. The third-order valence-electron chi connectivity index (χ3n) is 6.23. The Labute approximate surface area is 237 Å². The summed E-state index contributed by atoms with van der Waals surface area (Å²) < 4.78 is 3.79. The standard InChI is InChI=1S/C27H26ClN7O2S2/c1-2-3-4-8-14-35-22(29)18(15-19-23(35)30-21-12-7-9-13-34(21)25(19)37)24(36)31-26-32-33-27(39-26)38-16-17-10-5-6-11-20(17)28/h5-7,9-13,15,29H,2-4,8,14,16H2,1H3,(H,31,32,36). The number of amides is 1. The molecule has 5 rings (SSSR count). The molecule has 12 heteroatoms. The number of aryl methyl sites for hydroxylation is 1. The number of carbonyl (C=O) groups is 1. The van der Waals surface area contributed by atoms with E-state index >= 15 is 0 Å². The van der Waals surface area contributed by atoms with Gasteiger partial charge >= 0.3 is 0 Å². The summed E-state index contributed by atoms with van der Waals surface area (Å²) in [5.74, 6) is 0.0905. The van der Waals surface area contributed by atoms with Crippen molar-refractivity contribution >= 4 is 62.4 Å². The normalized spacial score (nSPS) is 11.3. The summed E-state index contributed by atoms with van der Waals surface area (Å²) in [7, 11) is 0. The molecule has 0 spiro atoms. The number of thioether (sulfide) groups is 1. The number of benzene rings is 1. The van der Waals surface area contributed by atoms with Gasteiger partial charge in [-0.1, -0.05) is 85.2 Å². The van der Waals surface area contributed by atoms with Crippen LogP contribution in [0.3, 0.4) is 0 Å². The zero-order valence-corrected chi connectivity index (χ0v) is 23.6. The van der Waals surface area contributed by atoms with Crippen molar-refractivity contribution in [2.24, 2.45) is 0 Å². The lowest BCUT2D eigenvalue weighted by Crippen LogP contribution is -2.32. The van der Waals surface area contributed by atoms with E-state index in [4.69, 9.17) is 17.0 Å². The molecule has 2 N–H and O–H groups in total. The average molecular weight is 580 g/mol. The van der Waals surface area contributed by atoms with Crippen LogP contribution < -0.4 is 16.4 Å². The minimum atomic E-state index is -0.527. The van der Waals surface area contributed by atoms with Gasteiger partial charge in [0.15, 0.2) is 4.34 Å².